The second kappa shape index (κ2) is 5.87. The number of halogens is 3. The van der Waals surface area contributed by atoms with Crippen molar-refractivity contribution in [2.24, 2.45) is 0 Å². The second-order valence-electron chi connectivity index (χ2n) is 4.05. The fourth-order valence-electron chi connectivity index (χ4n) is 1.45. The third-order valence-electron chi connectivity index (χ3n) is 2.40. The van der Waals surface area contributed by atoms with Gasteiger partial charge in [-0.05, 0) is 19.4 Å². The van der Waals surface area contributed by atoms with Crippen LogP contribution in [0.4, 0.5) is 24.5 Å². The molecule has 0 saturated carbocycles. The van der Waals surface area contributed by atoms with E-state index in [-0.39, 0.29) is 18.7 Å². The quantitative estimate of drug-likeness (QED) is 0.641. The first-order valence-corrected chi connectivity index (χ1v) is 5.49. The Labute approximate surface area is 107 Å². The Morgan fingerprint density at radius 1 is 1.47 bits per heavy atom. The van der Waals surface area contributed by atoms with Gasteiger partial charge in [-0.15, -0.1) is 0 Å². The van der Waals surface area contributed by atoms with Gasteiger partial charge < -0.3 is 10.4 Å². The molecule has 2 N–H and O–H groups in total. The zero-order chi connectivity index (χ0) is 14.6. The number of rotatable bonds is 5. The van der Waals surface area contributed by atoms with Crippen molar-refractivity contribution in [2.45, 2.75) is 25.6 Å². The summed E-state index contributed by atoms with van der Waals surface area (Å²) in [7, 11) is 0. The van der Waals surface area contributed by atoms with E-state index in [2.05, 4.69) is 5.32 Å². The molecule has 19 heavy (non-hydrogen) atoms. The molecule has 5 nitrogen and oxygen atoms in total. The topological polar surface area (TPSA) is 75.4 Å². The van der Waals surface area contributed by atoms with Crippen LogP contribution in [0.3, 0.4) is 0 Å². The molecule has 0 aromatic heterocycles. The van der Waals surface area contributed by atoms with Crippen molar-refractivity contribution in [3.05, 3.63) is 33.9 Å². The van der Waals surface area contributed by atoms with E-state index in [0.29, 0.717) is 6.07 Å². The predicted molar refractivity (Wildman–Crippen MR) is 62.9 cm³/mol. The molecule has 1 atom stereocenters. The summed E-state index contributed by atoms with van der Waals surface area (Å²) in [5.41, 5.74) is -1.94. The smallest absolute Gasteiger partial charge is 0.393 e. The van der Waals surface area contributed by atoms with E-state index in [1.165, 1.54) is 6.92 Å². The molecular weight excluding hydrogens is 265 g/mol. The van der Waals surface area contributed by atoms with Crippen LogP contribution in [-0.4, -0.2) is 22.7 Å². The molecule has 1 unspecified atom stereocenters. The van der Waals surface area contributed by atoms with E-state index < -0.39 is 28.5 Å². The number of nitrogens with zero attached hydrogens (tertiary/aromatic N) is 1. The van der Waals surface area contributed by atoms with Crippen LogP contribution < -0.4 is 5.32 Å². The number of aliphatic hydroxyl groups is 1. The Bertz CT molecular complexity index is 461. The molecule has 0 saturated heterocycles. The lowest BCUT2D eigenvalue weighted by Gasteiger charge is -2.14. The maximum absolute atomic E-state index is 12.8. The Morgan fingerprint density at radius 3 is 2.58 bits per heavy atom. The lowest BCUT2D eigenvalue weighted by Crippen LogP contribution is -2.14. The molecule has 1 aromatic carbocycles. The summed E-state index contributed by atoms with van der Waals surface area (Å²) in [5, 5.41) is 22.0. The third kappa shape index (κ3) is 4.40. The number of nitro benzene ring substituents is 1. The zero-order valence-electron chi connectivity index (χ0n) is 10.1. The predicted octanol–water partition coefficient (Wildman–Crippen LogP) is 2.80. The Balaban J connectivity index is 3.00. The second-order valence-corrected chi connectivity index (χ2v) is 4.05. The molecule has 0 radical (unpaired) electrons. The minimum absolute atomic E-state index is 0.137. The minimum Gasteiger partial charge on any atom is -0.393 e. The van der Waals surface area contributed by atoms with Crippen molar-refractivity contribution in [2.75, 3.05) is 11.9 Å². The summed E-state index contributed by atoms with van der Waals surface area (Å²) in [6, 6.07) is 2.51. The Kier molecular flexibility index (Phi) is 4.71. The number of non-ortho nitro benzene ring substituents is 1. The highest BCUT2D eigenvalue weighted by Crippen LogP contribution is 2.37. The maximum atomic E-state index is 12.8. The van der Waals surface area contributed by atoms with Crippen LogP contribution in [0.5, 0.6) is 0 Å². The first kappa shape index (κ1) is 15.2. The molecule has 0 bridgehead atoms. The summed E-state index contributed by atoms with van der Waals surface area (Å²) in [4.78, 5) is 9.60. The molecule has 0 fully saturated rings. The van der Waals surface area contributed by atoms with Crippen molar-refractivity contribution >= 4 is 11.4 Å². The highest BCUT2D eigenvalue weighted by molar-refractivity contribution is 5.57. The lowest BCUT2D eigenvalue weighted by atomic mass is 10.1. The fraction of sp³-hybridized carbons (Fsp3) is 0.455. The van der Waals surface area contributed by atoms with Gasteiger partial charge in [0.05, 0.1) is 16.6 Å². The van der Waals surface area contributed by atoms with Gasteiger partial charge in [-0.25, -0.2) is 0 Å². The van der Waals surface area contributed by atoms with Gasteiger partial charge in [0.15, 0.2) is 0 Å². The van der Waals surface area contributed by atoms with Crippen LogP contribution in [0.2, 0.25) is 0 Å². The van der Waals surface area contributed by atoms with Crippen LogP contribution in [0.15, 0.2) is 18.2 Å². The number of nitro groups is 1. The van der Waals surface area contributed by atoms with Crippen LogP contribution in [0.25, 0.3) is 0 Å². The van der Waals surface area contributed by atoms with Crippen LogP contribution >= 0.6 is 0 Å². The van der Waals surface area contributed by atoms with E-state index in [9.17, 15) is 23.3 Å². The van der Waals surface area contributed by atoms with E-state index in [0.717, 1.165) is 12.1 Å². The monoisotopic (exact) mass is 278 g/mol. The molecule has 0 heterocycles. The van der Waals surface area contributed by atoms with Gasteiger partial charge in [-0.1, -0.05) is 0 Å². The SMILES string of the molecule is CC(O)CCNc1ccc([N+](=O)[O-])cc1C(F)(F)F. The fourth-order valence-corrected chi connectivity index (χ4v) is 1.45. The van der Waals surface area contributed by atoms with Crippen molar-refractivity contribution in [3.63, 3.8) is 0 Å². The normalized spacial score (nSPS) is 13.1. The third-order valence-corrected chi connectivity index (χ3v) is 2.40. The summed E-state index contributed by atoms with van der Waals surface area (Å²) in [6.07, 6.45) is -5.05. The molecule has 0 aliphatic rings. The van der Waals surface area contributed by atoms with E-state index in [1.807, 2.05) is 0 Å². The van der Waals surface area contributed by atoms with Crippen LogP contribution in [0.1, 0.15) is 18.9 Å². The van der Waals surface area contributed by atoms with Gasteiger partial charge in [0, 0.05) is 24.4 Å². The van der Waals surface area contributed by atoms with E-state index in [4.69, 9.17) is 5.11 Å². The summed E-state index contributed by atoms with van der Waals surface area (Å²) >= 11 is 0. The summed E-state index contributed by atoms with van der Waals surface area (Å²) in [5.74, 6) is 0. The molecule has 0 spiro atoms. The highest BCUT2D eigenvalue weighted by atomic mass is 19.4. The average molecular weight is 278 g/mol. The Morgan fingerprint density at radius 2 is 2.11 bits per heavy atom. The van der Waals surface area contributed by atoms with Gasteiger partial charge >= 0.3 is 6.18 Å². The number of alkyl halides is 3. The largest absolute Gasteiger partial charge is 0.418 e. The molecule has 106 valence electrons. The first-order chi connectivity index (χ1) is 8.71. The average Bonchev–Trinajstić information content (AvgIpc) is 2.27. The number of nitrogens with one attached hydrogen (secondary N) is 1. The zero-order valence-corrected chi connectivity index (χ0v) is 10.1. The van der Waals surface area contributed by atoms with Crippen LogP contribution in [0, 0.1) is 10.1 Å². The lowest BCUT2D eigenvalue weighted by molar-refractivity contribution is -0.385. The minimum atomic E-state index is -4.68. The van der Waals surface area contributed by atoms with Gasteiger partial charge in [-0.3, -0.25) is 10.1 Å². The van der Waals surface area contributed by atoms with Crippen LogP contribution in [-0.2, 0) is 6.18 Å². The van der Waals surface area contributed by atoms with Gasteiger partial charge in [0.1, 0.15) is 0 Å². The number of hydrogen-bond donors (Lipinski definition) is 2. The molecule has 0 amide bonds. The molecule has 1 rings (SSSR count). The number of hydrogen-bond acceptors (Lipinski definition) is 4. The van der Waals surface area contributed by atoms with Gasteiger partial charge in [0.2, 0.25) is 0 Å². The van der Waals surface area contributed by atoms with Gasteiger partial charge in [0.25, 0.3) is 5.69 Å². The molecule has 0 aliphatic heterocycles. The Hall–Kier alpha value is -1.83. The molecule has 0 aliphatic carbocycles. The van der Waals surface area contributed by atoms with Crippen molar-refractivity contribution in [1.29, 1.82) is 0 Å². The molecular formula is C11H13F3N2O3. The number of anilines is 1. The van der Waals surface area contributed by atoms with E-state index in [1.54, 1.807) is 0 Å². The maximum Gasteiger partial charge on any atom is 0.418 e. The number of aliphatic hydroxyl groups excluding tert-OH is 1. The van der Waals surface area contributed by atoms with E-state index >= 15 is 0 Å². The standard InChI is InChI=1S/C11H13F3N2O3/c1-7(17)4-5-15-10-3-2-8(16(18)19)6-9(10)11(12,13)14/h2-3,6-7,15,17H,4-5H2,1H3. The van der Waals surface area contributed by atoms with Crippen molar-refractivity contribution < 1.29 is 23.2 Å². The molecule has 1 aromatic rings. The molecule has 8 heteroatoms. The first-order valence-electron chi connectivity index (χ1n) is 5.49. The number of benzene rings is 1. The summed E-state index contributed by atoms with van der Waals surface area (Å²) in [6.45, 7) is 1.65. The van der Waals surface area contributed by atoms with Crippen molar-refractivity contribution in [3.8, 4) is 0 Å². The summed E-state index contributed by atoms with van der Waals surface area (Å²) < 4.78 is 38.3. The highest BCUT2D eigenvalue weighted by Gasteiger charge is 2.35. The van der Waals surface area contributed by atoms with Gasteiger partial charge in [-0.2, -0.15) is 13.2 Å². The van der Waals surface area contributed by atoms with Crippen molar-refractivity contribution in [1.82, 2.24) is 0 Å².